The highest BCUT2D eigenvalue weighted by molar-refractivity contribution is 7.99. The summed E-state index contributed by atoms with van der Waals surface area (Å²) in [7, 11) is 0. The topological polar surface area (TPSA) is 66.5 Å². The molecule has 0 aliphatic carbocycles. The van der Waals surface area contributed by atoms with Gasteiger partial charge in [-0.2, -0.15) is 0 Å². The van der Waals surface area contributed by atoms with Crippen LogP contribution in [0.4, 0.5) is 22.7 Å². The van der Waals surface area contributed by atoms with Gasteiger partial charge in [-0.25, -0.2) is 0 Å². The minimum Gasteiger partial charge on any atom is -0.378 e. The van der Waals surface area contributed by atoms with Crippen molar-refractivity contribution in [2.45, 2.75) is 23.6 Å². The molecule has 0 atom stereocenters. The van der Waals surface area contributed by atoms with E-state index in [1.54, 1.807) is 11.8 Å². The molecule has 6 nitrogen and oxygen atoms in total. The molecule has 7 heteroatoms. The Hall–Kier alpha value is -3.55. The van der Waals surface area contributed by atoms with Gasteiger partial charge in [-0.05, 0) is 79.7 Å². The van der Waals surface area contributed by atoms with Gasteiger partial charge in [0.15, 0.2) is 0 Å². The fraction of sp³-hybridized carbons (Fsp3) is 0.214. The first kappa shape index (κ1) is 23.2. The van der Waals surface area contributed by atoms with Gasteiger partial charge in [-0.15, -0.1) is 0 Å². The van der Waals surface area contributed by atoms with Crippen LogP contribution in [-0.4, -0.2) is 37.2 Å². The SMILES string of the molecule is CC(=O)Nc1ccc(Sc2ccc(Nc3cc(C)nc4ccc(N5CCOCC5)cc34)cc2)cc1. The zero-order valence-corrected chi connectivity index (χ0v) is 20.7. The van der Waals surface area contributed by atoms with E-state index in [0.717, 1.165) is 69.8 Å². The molecular formula is C28H28N4O2S. The van der Waals surface area contributed by atoms with Gasteiger partial charge in [-0.3, -0.25) is 9.78 Å². The monoisotopic (exact) mass is 484 g/mol. The number of anilines is 4. The quantitative estimate of drug-likeness (QED) is 0.338. The summed E-state index contributed by atoms with van der Waals surface area (Å²) in [6.07, 6.45) is 0. The summed E-state index contributed by atoms with van der Waals surface area (Å²) in [5, 5.41) is 7.51. The van der Waals surface area contributed by atoms with E-state index < -0.39 is 0 Å². The largest absolute Gasteiger partial charge is 0.378 e. The van der Waals surface area contributed by atoms with Gasteiger partial charge in [-0.1, -0.05) is 11.8 Å². The lowest BCUT2D eigenvalue weighted by Crippen LogP contribution is -2.36. The number of carbonyl (C=O) groups excluding carboxylic acids is 1. The summed E-state index contributed by atoms with van der Waals surface area (Å²) in [5.74, 6) is -0.0667. The molecular weight excluding hydrogens is 456 g/mol. The number of fused-ring (bicyclic) bond motifs is 1. The summed E-state index contributed by atoms with van der Waals surface area (Å²) >= 11 is 1.69. The van der Waals surface area contributed by atoms with Crippen LogP contribution in [-0.2, 0) is 9.53 Å². The number of nitrogens with zero attached hydrogens (tertiary/aromatic N) is 2. The van der Waals surface area contributed by atoms with Crippen LogP contribution in [0.3, 0.4) is 0 Å². The van der Waals surface area contributed by atoms with Gasteiger partial charge in [0.1, 0.15) is 0 Å². The lowest BCUT2D eigenvalue weighted by molar-refractivity contribution is -0.114. The number of pyridine rings is 1. The number of hydrogen-bond donors (Lipinski definition) is 2. The Balaban J connectivity index is 1.33. The number of rotatable bonds is 6. The van der Waals surface area contributed by atoms with E-state index in [9.17, 15) is 4.79 Å². The number of aromatic nitrogens is 1. The standard InChI is InChI=1S/C28H28N4O2S/c1-19-17-28(26-18-23(7-12-27(26)29-19)32-13-15-34-16-14-32)31-22-5-10-25(11-6-22)35-24-8-3-21(4-9-24)30-20(2)33/h3-12,17-18H,13-16H2,1-2H3,(H,29,31)(H,30,33). The Kier molecular flexibility index (Phi) is 6.88. The highest BCUT2D eigenvalue weighted by Crippen LogP contribution is 2.33. The van der Waals surface area contributed by atoms with Crippen molar-refractivity contribution in [1.82, 2.24) is 4.98 Å². The maximum absolute atomic E-state index is 11.2. The molecule has 1 saturated heterocycles. The smallest absolute Gasteiger partial charge is 0.221 e. The molecule has 0 unspecified atom stereocenters. The summed E-state index contributed by atoms with van der Waals surface area (Å²) in [6.45, 7) is 6.87. The third-order valence-corrected chi connectivity index (χ3v) is 6.86. The van der Waals surface area contributed by atoms with Crippen LogP contribution in [0.1, 0.15) is 12.6 Å². The minimum absolute atomic E-state index is 0.0667. The van der Waals surface area contributed by atoms with Crippen molar-refractivity contribution < 1.29 is 9.53 Å². The summed E-state index contributed by atoms with van der Waals surface area (Å²) in [6, 6.07) is 24.9. The van der Waals surface area contributed by atoms with Gasteiger partial charge in [0.2, 0.25) is 5.91 Å². The molecule has 2 N–H and O–H groups in total. The van der Waals surface area contributed by atoms with Crippen molar-refractivity contribution in [3.05, 3.63) is 78.5 Å². The average molecular weight is 485 g/mol. The van der Waals surface area contributed by atoms with E-state index in [1.807, 2.05) is 31.2 Å². The van der Waals surface area contributed by atoms with E-state index in [-0.39, 0.29) is 5.91 Å². The maximum atomic E-state index is 11.2. The molecule has 1 amide bonds. The summed E-state index contributed by atoms with van der Waals surface area (Å²) in [5.41, 5.74) is 6.05. The highest BCUT2D eigenvalue weighted by Gasteiger charge is 2.13. The van der Waals surface area contributed by atoms with E-state index >= 15 is 0 Å². The molecule has 2 heterocycles. The number of aryl methyl sites for hydroxylation is 1. The lowest BCUT2D eigenvalue weighted by atomic mass is 10.1. The molecule has 1 aromatic heterocycles. The number of morpholine rings is 1. The number of hydrogen-bond acceptors (Lipinski definition) is 6. The number of carbonyl (C=O) groups is 1. The minimum atomic E-state index is -0.0667. The average Bonchev–Trinajstić information content (AvgIpc) is 2.86. The van der Waals surface area contributed by atoms with Crippen LogP contribution < -0.4 is 15.5 Å². The predicted octanol–water partition coefficient (Wildman–Crippen LogP) is 6.23. The molecule has 178 valence electrons. The lowest BCUT2D eigenvalue weighted by Gasteiger charge is -2.29. The van der Waals surface area contributed by atoms with Crippen LogP contribution in [0.15, 0.2) is 82.6 Å². The Labute approximate surface area is 209 Å². The number of nitrogens with one attached hydrogen (secondary N) is 2. The second-order valence-electron chi connectivity index (χ2n) is 8.57. The van der Waals surface area contributed by atoms with Gasteiger partial charge in [0.05, 0.1) is 18.7 Å². The maximum Gasteiger partial charge on any atom is 0.221 e. The van der Waals surface area contributed by atoms with E-state index in [1.165, 1.54) is 12.6 Å². The highest BCUT2D eigenvalue weighted by atomic mass is 32.2. The van der Waals surface area contributed by atoms with Crippen molar-refractivity contribution in [1.29, 1.82) is 0 Å². The zero-order valence-electron chi connectivity index (χ0n) is 19.9. The molecule has 1 aliphatic heterocycles. The van der Waals surface area contributed by atoms with Crippen molar-refractivity contribution in [3.8, 4) is 0 Å². The molecule has 4 aromatic rings. The van der Waals surface area contributed by atoms with Gasteiger partial charge in [0.25, 0.3) is 0 Å². The zero-order chi connectivity index (χ0) is 24.2. The van der Waals surface area contributed by atoms with Crippen LogP contribution >= 0.6 is 11.8 Å². The first-order valence-corrected chi connectivity index (χ1v) is 12.5. The summed E-state index contributed by atoms with van der Waals surface area (Å²) < 4.78 is 5.51. The first-order valence-electron chi connectivity index (χ1n) is 11.7. The number of ether oxygens (including phenoxy) is 1. The van der Waals surface area contributed by atoms with Gasteiger partial charge < -0.3 is 20.3 Å². The molecule has 35 heavy (non-hydrogen) atoms. The summed E-state index contributed by atoms with van der Waals surface area (Å²) in [4.78, 5) is 20.6. The number of amides is 1. The molecule has 0 radical (unpaired) electrons. The Morgan fingerprint density at radius 2 is 1.57 bits per heavy atom. The van der Waals surface area contributed by atoms with Crippen LogP contribution in [0, 0.1) is 6.92 Å². The first-order chi connectivity index (χ1) is 17.0. The fourth-order valence-electron chi connectivity index (χ4n) is 4.18. The third-order valence-electron chi connectivity index (χ3n) is 5.84. The van der Waals surface area contributed by atoms with E-state index in [4.69, 9.17) is 9.72 Å². The Bertz CT molecular complexity index is 1330. The fourth-order valence-corrected chi connectivity index (χ4v) is 4.99. The van der Waals surface area contributed by atoms with Gasteiger partial charge >= 0.3 is 0 Å². The predicted molar refractivity (Wildman–Crippen MR) is 144 cm³/mol. The Morgan fingerprint density at radius 3 is 2.23 bits per heavy atom. The second-order valence-corrected chi connectivity index (χ2v) is 9.72. The van der Waals surface area contributed by atoms with Crippen molar-refractivity contribution in [2.75, 3.05) is 41.8 Å². The van der Waals surface area contributed by atoms with Crippen molar-refractivity contribution >= 4 is 51.3 Å². The van der Waals surface area contributed by atoms with Gasteiger partial charge in [0, 0.05) is 63.6 Å². The molecule has 0 bridgehead atoms. The third kappa shape index (κ3) is 5.75. The van der Waals surface area contributed by atoms with E-state index in [2.05, 4.69) is 64.1 Å². The van der Waals surface area contributed by atoms with E-state index in [0.29, 0.717) is 0 Å². The molecule has 1 fully saturated rings. The Morgan fingerprint density at radius 1 is 0.914 bits per heavy atom. The molecule has 0 saturated carbocycles. The van der Waals surface area contributed by atoms with Crippen molar-refractivity contribution in [3.63, 3.8) is 0 Å². The molecule has 3 aromatic carbocycles. The second kappa shape index (κ2) is 10.4. The molecule has 1 aliphatic rings. The molecule has 5 rings (SSSR count). The van der Waals surface area contributed by atoms with Crippen LogP contribution in [0.2, 0.25) is 0 Å². The van der Waals surface area contributed by atoms with Crippen LogP contribution in [0.5, 0.6) is 0 Å². The normalized spacial score (nSPS) is 13.6. The van der Waals surface area contributed by atoms with Crippen LogP contribution in [0.25, 0.3) is 10.9 Å². The number of benzene rings is 3. The van der Waals surface area contributed by atoms with Crippen molar-refractivity contribution in [2.24, 2.45) is 0 Å². The molecule has 0 spiro atoms.